The van der Waals surface area contributed by atoms with Crippen molar-refractivity contribution >= 4 is 16.5 Å². The Bertz CT molecular complexity index is 1260. The van der Waals surface area contributed by atoms with Crippen molar-refractivity contribution in [2.45, 2.75) is 0 Å². The highest BCUT2D eigenvalue weighted by Crippen LogP contribution is 2.24. The Morgan fingerprint density at radius 3 is 2.58 bits per heavy atom. The van der Waals surface area contributed by atoms with Gasteiger partial charge in [0.05, 0.1) is 24.9 Å². The van der Waals surface area contributed by atoms with E-state index in [-0.39, 0.29) is 0 Å². The maximum atomic E-state index is 9.64. The van der Waals surface area contributed by atoms with Crippen LogP contribution in [0.5, 0.6) is 5.75 Å². The predicted octanol–water partition coefficient (Wildman–Crippen LogP) is 3.01. The number of aromatic nitrogens is 2. The van der Waals surface area contributed by atoms with Gasteiger partial charge in [-0.2, -0.15) is 0 Å². The van der Waals surface area contributed by atoms with Crippen molar-refractivity contribution in [2.24, 2.45) is 5.16 Å². The highest BCUT2D eigenvalue weighted by Gasteiger charge is 2.10. The smallest absolute Gasteiger partial charge is 0.155 e. The van der Waals surface area contributed by atoms with Gasteiger partial charge in [-0.3, -0.25) is 4.90 Å². The average molecular weight is 453 g/mol. The summed E-state index contributed by atoms with van der Waals surface area (Å²) in [6.07, 6.45) is 3.65. The van der Waals surface area contributed by atoms with Crippen molar-refractivity contribution in [2.75, 3.05) is 53.7 Å². The van der Waals surface area contributed by atoms with Crippen LogP contribution in [0.15, 0.2) is 64.6 Å². The fourth-order valence-corrected chi connectivity index (χ4v) is 3.59. The van der Waals surface area contributed by atoms with Crippen LogP contribution >= 0.6 is 0 Å². The molecule has 0 aliphatic rings. The fourth-order valence-electron chi connectivity index (χ4n) is 3.59. The van der Waals surface area contributed by atoms with Gasteiger partial charge in [0.2, 0.25) is 0 Å². The average Bonchev–Trinajstić information content (AvgIpc) is 3.32. The largest absolute Gasteiger partial charge is 0.492 e. The molecule has 0 saturated heterocycles. The van der Waals surface area contributed by atoms with Crippen molar-refractivity contribution in [3.63, 3.8) is 0 Å². The molecular formula is C24H28N4O5. The molecular weight excluding hydrogens is 424 g/mol. The van der Waals surface area contributed by atoms with E-state index in [1.807, 2.05) is 47.0 Å². The Labute approximate surface area is 191 Å². The molecule has 0 saturated carbocycles. The maximum Gasteiger partial charge on any atom is 0.155 e. The van der Waals surface area contributed by atoms with E-state index in [4.69, 9.17) is 18.6 Å². The van der Waals surface area contributed by atoms with E-state index in [1.54, 1.807) is 26.6 Å². The van der Waals surface area contributed by atoms with Gasteiger partial charge in [-0.05, 0) is 36.4 Å². The SMILES string of the molecule is COCCN(CCOC)CCOc1ccc2oc(-c3cc4cccn4cn3)c/c(=N/O)c2c1. The Hall–Kier alpha value is -3.40. The Balaban J connectivity index is 1.52. The minimum Gasteiger partial charge on any atom is -0.492 e. The molecule has 0 fully saturated rings. The van der Waals surface area contributed by atoms with Crippen LogP contribution in [0, 0.1) is 0 Å². The third kappa shape index (κ3) is 5.51. The van der Waals surface area contributed by atoms with Crippen LogP contribution in [-0.2, 0) is 9.47 Å². The van der Waals surface area contributed by atoms with Crippen LogP contribution in [0.4, 0.5) is 0 Å². The van der Waals surface area contributed by atoms with Gasteiger partial charge in [0, 0.05) is 51.6 Å². The summed E-state index contributed by atoms with van der Waals surface area (Å²) in [4.78, 5) is 6.67. The van der Waals surface area contributed by atoms with Gasteiger partial charge >= 0.3 is 0 Å². The second-order valence-corrected chi connectivity index (χ2v) is 7.54. The molecule has 174 valence electrons. The van der Waals surface area contributed by atoms with E-state index in [1.165, 1.54) is 0 Å². The van der Waals surface area contributed by atoms with Crippen LogP contribution in [-0.4, -0.2) is 73.2 Å². The molecule has 3 heterocycles. The third-order valence-corrected chi connectivity index (χ3v) is 5.39. The number of nitrogens with zero attached hydrogens (tertiary/aromatic N) is 4. The second kappa shape index (κ2) is 11.0. The van der Waals surface area contributed by atoms with E-state index in [0.717, 1.165) is 25.2 Å². The number of ether oxygens (including phenoxy) is 3. The minimum atomic E-state index is 0.385. The molecule has 0 aliphatic heterocycles. The van der Waals surface area contributed by atoms with Gasteiger partial charge in [0.15, 0.2) is 5.76 Å². The number of hydrogen-bond donors (Lipinski definition) is 1. The topological polar surface area (TPSA) is 94.0 Å². The number of rotatable bonds is 11. The van der Waals surface area contributed by atoms with E-state index in [0.29, 0.717) is 53.4 Å². The molecule has 1 N–H and O–H groups in total. The summed E-state index contributed by atoms with van der Waals surface area (Å²) in [7, 11) is 3.38. The lowest BCUT2D eigenvalue weighted by molar-refractivity contribution is 0.104. The Kier molecular flexibility index (Phi) is 7.56. The molecule has 1 aromatic carbocycles. The van der Waals surface area contributed by atoms with Crippen LogP contribution < -0.4 is 10.1 Å². The van der Waals surface area contributed by atoms with Crippen LogP contribution in [0.2, 0.25) is 0 Å². The highest BCUT2D eigenvalue weighted by atomic mass is 16.5. The second-order valence-electron chi connectivity index (χ2n) is 7.54. The lowest BCUT2D eigenvalue weighted by Crippen LogP contribution is -2.34. The number of methoxy groups -OCH3 is 2. The zero-order valence-electron chi connectivity index (χ0n) is 18.8. The van der Waals surface area contributed by atoms with E-state index < -0.39 is 0 Å². The minimum absolute atomic E-state index is 0.385. The lowest BCUT2D eigenvalue weighted by Gasteiger charge is -2.21. The van der Waals surface area contributed by atoms with Gasteiger partial charge in [0.1, 0.15) is 29.0 Å². The quantitative estimate of drug-likeness (QED) is 0.276. The first-order valence-electron chi connectivity index (χ1n) is 10.7. The van der Waals surface area contributed by atoms with Gasteiger partial charge in [-0.1, -0.05) is 5.16 Å². The Morgan fingerprint density at radius 1 is 1.03 bits per heavy atom. The molecule has 4 aromatic rings. The zero-order valence-corrected chi connectivity index (χ0v) is 18.8. The highest BCUT2D eigenvalue weighted by molar-refractivity contribution is 5.80. The predicted molar refractivity (Wildman–Crippen MR) is 123 cm³/mol. The van der Waals surface area contributed by atoms with Crippen LogP contribution in [0.25, 0.3) is 27.9 Å². The molecule has 0 atom stereocenters. The monoisotopic (exact) mass is 452 g/mol. The van der Waals surface area contributed by atoms with Gasteiger partial charge in [-0.25, -0.2) is 4.98 Å². The van der Waals surface area contributed by atoms with E-state index in [9.17, 15) is 5.21 Å². The maximum absolute atomic E-state index is 9.64. The van der Waals surface area contributed by atoms with Crippen LogP contribution in [0.1, 0.15) is 0 Å². The summed E-state index contributed by atoms with van der Waals surface area (Å²) in [6.45, 7) is 4.15. The number of fused-ring (bicyclic) bond motifs is 2. The summed E-state index contributed by atoms with van der Waals surface area (Å²) in [5.74, 6) is 1.18. The molecule has 0 amide bonds. The standard InChI is InChI=1S/C24H28N4O5/c1-30-11-8-27(9-12-31-2)10-13-32-19-5-6-23-20(15-19)21(26-29)16-24(33-23)22-14-18-4-3-7-28(18)17-25-22/h3-7,14-17,29H,8-13H2,1-2H3/b26-21-. The molecule has 4 rings (SSSR count). The van der Waals surface area contributed by atoms with Crippen molar-refractivity contribution in [3.8, 4) is 17.2 Å². The normalized spacial score (nSPS) is 12.3. The summed E-state index contributed by atoms with van der Waals surface area (Å²) >= 11 is 0. The van der Waals surface area contributed by atoms with E-state index in [2.05, 4.69) is 15.0 Å². The van der Waals surface area contributed by atoms with Crippen molar-refractivity contribution < 1.29 is 23.8 Å². The van der Waals surface area contributed by atoms with Gasteiger partial charge < -0.3 is 28.2 Å². The van der Waals surface area contributed by atoms with Crippen LogP contribution in [0.3, 0.4) is 0 Å². The molecule has 33 heavy (non-hydrogen) atoms. The summed E-state index contributed by atoms with van der Waals surface area (Å²) in [5.41, 5.74) is 2.22. The molecule has 9 heteroatoms. The molecule has 0 radical (unpaired) electrons. The van der Waals surface area contributed by atoms with E-state index >= 15 is 0 Å². The number of hydrogen-bond acceptors (Lipinski definition) is 8. The summed E-state index contributed by atoms with van der Waals surface area (Å²) < 4.78 is 24.3. The first-order valence-corrected chi connectivity index (χ1v) is 10.7. The molecule has 0 aliphatic carbocycles. The number of benzene rings is 1. The molecule has 0 bridgehead atoms. The molecule has 0 spiro atoms. The van der Waals surface area contributed by atoms with Crippen molar-refractivity contribution in [1.82, 2.24) is 14.3 Å². The first kappa shape index (κ1) is 22.8. The summed E-state index contributed by atoms with van der Waals surface area (Å²) in [6, 6.07) is 13.0. The van der Waals surface area contributed by atoms with Gasteiger partial charge in [-0.15, -0.1) is 0 Å². The molecule has 9 nitrogen and oxygen atoms in total. The summed E-state index contributed by atoms with van der Waals surface area (Å²) in [5, 5.41) is 14.1. The van der Waals surface area contributed by atoms with Crippen molar-refractivity contribution in [1.29, 1.82) is 0 Å². The fraction of sp³-hybridized carbons (Fsp3) is 0.333. The van der Waals surface area contributed by atoms with Crippen molar-refractivity contribution in [3.05, 3.63) is 60.3 Å². The zero-order chi connectivity index (χ0) is 23.0. The molecule has 0 unspecified atom stereocenters. The molecule has 3 aromatic heterocycles. The first-order chi connectivity index (χ1) is 16.2. The lowest BCUT2D eigenvalue weighted by atomic mass is 10.2. The van der Waals surface area contributed by atoms with Gasteiger partial charge in [0.25, 0.3) is 0 Å². The third-order valence-electron chi connectivity index (χ3n) is 5.39. The Morgan fingerprint density at radius 2 is 1.82 bits per heavy atom.